The fraction of sp³-hybridized carbons (Fsp3) is 0.280. The molecular weight excluding hydrogens is 476 g/mol. The van der Waals surface area contributed by atoms with E-state index in [9.17, 15) is 9.59 Å². The summed E-state index contributed by atoms with van der Waals surface area (Å²) in [6.07, 6.45) is 2.04. The molecule has 0 saturated heterocycles. The molecule has 2 N–H and O–H groups in total. The van der Waals surface area contributed by atoms with Gasteiger partial charge in [-0.2, -0.15) is 0 Å². The summed E-state index contributed by atoms with van der Waals surface area (Å²) in [5.74, 6) is 1.37. The first-order valence-corrected chi connectivity index (χ1v) is 12.5. The van der Waals surface area contributed by atoms with Crippen molar-refractivity contribution in [3.05, 3.63) is 81.4 Å². The summed E-state index contributed by atoms with van der Waals surface area (Å²) in [6, 6.07) is 11.2. The Morgan fingerprint density at radius 2 is 1.97 bits per heavy atom. The number of pyridine rings is 1. The molecule has 1 aromatic carbocycles. The number of benzene rings is 1. The highest BCUT2D eigenvalue weighted by Crippen LogP contribution is 2.19. The van der Waals surface area contributed by atoms with Gasteiger partial charge < -0.3 is 14.9 Å². The minimum atomic E-state index is -0.263. The summed E-state index contributed by atoms with van der Waals surface area (Å²) in [7, 11) is 1.83. The molecule has 0 radical (unpaired) electrons. The van der Waals surface area contributed by atoms with Gasteiger partial charge >= 0.3 is 0 Å². The average molecular weight is 503 g/mol. The second kappa shape index (κ2) is 9.57. The van der Waals surface area contributed by atoms with Gasteiger partial charge in [0.1, 0.15) is 17.3 Å². The Morgan fingerprint density at radius 1 is 1.17 bits per heavy atom. The molecule has 36 heavy (non-hydrogen) atoms. The van der Waals surface area contributed by atoms with Crippen molar-refractivity contribution in [2.75, 3.05) is 5.75 Å². The standard InChI is InChI=1S/C25H26N8O2S/c1-14-9-10-33-20(11-14)26-15(2)17(24(33)35)12-21-30-31-25(32(21)4)36-13-22(34)27-16(3)23-28-18-7-5-6-8-19(18)29-23/h5-11,16H,12-13H2,1-4H3,(H,27,34)(H,28,29)/t16-/m0/s1. The van der Waals surface area contributed by atoms with E-state index in [1.54, 1.807) is 10.6 Å². The normalized spacial score (nSPS) is 12.3. The maximum absolute atomic E-state index is 13.1. The van der Waals surface area contributed by atoms with Crippen LogP contribution in [0.1, 0.15) is 41.4 Å². The van der Waals surface area contributed by atoms with Crippen molar-refractivity contribution in [3.63, 3.8) is 0 Å². The van der Waals surface area contributed by atoms with E-state index in [-0.39, 0.29) is 23.3 Å². The number of amides is 1. The molecule has 5 rings (SSSR count). The number of para-hydroxylation sites is 2. The number of carbonyl (C=O) groups is 1. The Bertz CT molecular complexity index is 1620. The Balaban J connectivity index is 1.25. The van der Waals surface area contributed by atoms with Crippen molar-refractivity contribution in [2.24, 2.45) is 7.05 Å². The van der Waals surface area contributed by atoms with Crippen LogP contribution in [0.25, 0.3) is 16.7 Å². The first-order valence-electron chi connectivity index (χ1n) is 11.5. The van der Waals surface area contributed by atoms with E-state index in [4.69, 9.17) is 0 Å². The zero-order chi connectivity index (χ0) is 25.4. The molecule has 0 bridgehead atoms. The molecule has 0 aliphatic heterocycles. The number of aryl methyl sites for hydroxylation is 2. The van der Waals surface area contributed by atoms with Gasteiger partial charge in [0.2, 0.25) is 5.91 Å². The monoisotopic (exact) mass is 502 g/mol. The summed E-state index contributed by atoms with van der Waals surface area (Å²) in [5, 5.41) is 12.1. The lowest BCUT2D eigenvalue weighted by Gasteiger charge is -2.11. The third-order valence-electron chi connectivity index (χ3n) is 6.07. The highest BCUT2D eigenvalue weighted by Gasteiger charge is 2.18. The second-order valence-corrected chi connectivity index (χ2v) is 9.71. The Kier molecular flexibility index (Phi) is 6.31. The van der Waals surface area contributed by atoms with Gasteiger partial charge in [-0.05, 0) is 50.6 Å². The van der Waals surface area contributed by atoms with Crippen LogP contribution in [0.4, 0.5) is 0 Å². The lowest BCUT2D eigenvalue weighted by atomic mass is 10.1. The molecule has 0 spiro atoms. The molecule has 1 atom stereocenters. The summed E-state index contributed by atoms with van der Waals surface area (Å²) in [5.41, 5.74) is 4.58. The molecule has 4 aromatic heterocycles. The summed E-state index contributed by atoms with van der Waals surface area (Å²) >= 11 is 1.29. The predicted octanol–water partition coefficient (Wildman–Crippen LogP) is 2.88. The summed E-state index contributed by atoms with van der Waals surface area (Å²) in [6.45, 7) is 5.69. The number of nitrogens with zero attached hydrogens (tertiary/aromatic N) is 6. The zero-order valence-corrected chi connectivity index (χ0v) is 21.3. The first-order chi connectivity index (χ1) is 17.3. The Hall–Kier alpha value is -3.99. The molecule has 5 aromatic rings. The number of aromatic nitrogens is 7. The zero-order valence-electron chi connectivity index (χ0n) is 20.4. The third kappa shape index (κ3) is 4.61. The van der Waals surface area contributed by atoms with E-state index in [1.807, 2.05) is 68.8 Å². The van der Waals surface area contributed by atoms with Crippen molar-refractivity contribution in [3.8, 4) is 0 Å². The van der Waals surface area contributed by atoms with Crippen LogP contribution in [-0.4, -0.2) is 45.8 Å². The summed E-state index contributed by atoms with van der Waals surface area (Å²) in [4.78, 5) is 38.0. The smallest absolute Gasteiger partial charge is 0.261 e. The molecule has 0 fully saturated rings. The maximum Gasteiger partial charge on any atom is 0.261 e. The number of aromatic amines is 1. The van der Waals surface area contributed by atoms with E-state index >= 15 is 0 Å². The number of imidazole rings is 1. The Morgan fingerprint density at radius 3 is 2.78 bits per heavy atom. The minimum absolute atomic E-state index is 0.117. The van der Waals surface area contributed by atoms with Crippen LogP contribution in [-0.2, 0) is 18.3 Å². The predicted molar refractivity (Wildman–Crippen MR) is 138 cm³/mol. The van der Waals surface area contributed by atoms with Crippen molar-refractivity contribution in [1.82, 2.24) is 39.4 Å². The highest BCUT2D eigenvalue weighted by molar-refractivity contribution is 7.99. The number of nitrogens with one attached hydrogen (secondary N) is 2. The van der Waals surface area contributed by atoms with Gasteiger partial charge in [0.05, 0.1) is 22.8 Å². The first kappa shape index (κ1) is 23.7. The van der Waals surface area contributed by atoms with Crippen LogP contribution < -0.4 is 10.9 Å². The highest BCUT2D eigenvalue weighted by atomic mass is 32.2. The van der Waals surface area contributed by atoms with Crippen molar-refractivity contribution in [1.29, 1.82) is 0 Å². The van der Waals surface area contributed by atoms with Crippen molar-refractivity contribution in [2.45, 2.75) is 38.4 Å². The van der Waals surface area contributed by atoms with Crippen LogP contribution in [0.2, 0.25) is 0 Å². The van der Waals surface area contributed by atoms with Gasteiger partial charge in [0.25, 0.3) is 5.56 Å². The lowest BCUT2D eigenvalue weighted by Crippen LogP contribution is -2.29. The topological polar surface area (TPSA) is 123 Å². The quantitative estimate of drug-likeness (QED) is 0.328. The van der Waals surface area contributed by atoms with Crippen molar-refractivity contribution >= 4 is 34.3 Å². The molecule has 11 heteroatoms. The molecule has 0 aliphatic rings. The molecule has 0 aliphatic carbocycles. The molecule has 0 saturated carbocycles. The fourth-order valence-electron chi connectivity index (χ4n) is 4.03. The van der Waals surface area contributed by atoms with E-state index < -0.39 is 0 Å². The second-order valence-electron chi connectivity index (χ2n) is 8.76. The van der Waals surface area contributed by atoms with E-state index in [0.29, 0.717) is 40.1 Å². The van der Waals surface area contributed by atoms with Gasteiger partial charge in [-0.1, -0.05) is 23.9 Å². The third-order valence-corrected chi connectivity index (χ3v) is 7.09. The van der Waals surface area contributed by atoms with Crippen LogP contribution in [0.15, 0.2) is 52.5 Å². The number of H-pyrrole nitrogens is 1. The SMILES string of the molecule is Cc1ccn2c(=O)c(Cc3nnc(SCC(=O)N[C@@H](C)c4nc5ccccc5[nH]4)n3C)c(C)nc2c1. The number of fused-ring (bicyclic) bond motifs is 2. The average Bonchev–Trinajstić information content (AvgIpc) is 3.43. The number of carbonyl (C=O) groups excluding carboxylic acids is 1. The molecule has 1 amide bonds. The lowest BCUT2D eigenvalue weighted by molar-refractivity contribution is -0.119. The molecule has 0 unspecified atom stereocenters. The van der Waals surface area contributed by atoms with Crippen LogP contribution in [0.5, 0.6) is 0 Å². The number of rotatable bonds is 7. The van der Waals surface area contributed by atoms with Gasteiger partial charge in [0, 0.05) is 30.9 Å². The maximum atomic E-state index is 13.1. The number of hydrogen-bond donors (Lipinski definition) is 2. The van der Waals surface area contributed by atoms with Crippen LogP contribution in [0, 0.1) is 13.8 Å². The van der Waals surface area contributed by atoms with Gasteiger partial charge in [-0.15, -0.1) is 10.2 Å². The van der Waals surface area contributed by atoms with E-state index in [2.05, 4.69) is 30.5 Å². The Labute approximate surface area is 211 Å². The number of hydrogen-bond acceptors (Lipinski definition) is 7. The van der Waals surface area contributed by atoms with E-state index in [1.165, 1.54) is 11.8 Å². The number of thioether (sulfide) groups is 1. The summed E-state index contributed by atoms with van der Waals surface area (Å²) < 4.78 is 3.36. The van der Waals surface area contributed by atoms with Crippen molar-refractivity contribution < 1.29 is 4.79 Å². The van der Waals surface area contributed by atoms with E-state index in [0.717, 1.165) is 16.6 Å². The minimum Gasteiger partial charge on any atom is -0.346 e. The fourth-order valence-corrected chi connectivity index (χ4v) is 4.77. The molecule has 184 valence electrons. The van der Waals surface area contributed by atoms with Gasteiger partial charge in [-0.25, -0.2) is 9.97 Å². The van der Waals surface area contributed by atoms with Crippen LogP contribution >= 0.6 is 11.8 Å². The molecule has 10 nitrogen and oxygen atoms in total. The van der Waals surface area contributed by atoms with Gasteiger partial charge in [0.15, 0.2) is 5.16 Å². The van der Waals surface area contributed by atoms with Crippen LogP contribution in [0.3, 0.4) is 0 Å². The largest absolute Gasteiger partial charge is 0.346 e. The molecular formula is C25H26N8O2S. The molecule has 4 heterocycles. The van der Waals surface area contributed by atoms with Gasteiger partial charge in [-0.3, -0.25) is 14.0 Å².